The van der Waals surface area contributed by atoms with Gasteiger partial charge in [0.2, 0.25) is 0 Å². The molecular weight excluding hydrogens is 480 g/mol. The second kappa shape index (κ2) is 12.2. The fraction of sp³-hybridized carbons (Fsp3) is 0.560. The Morgan fingerprint density at radius 1 is 1.31 bits per heavy atom. The predicted molar refractivity (Wildman–Crippen MR) is 137 cm³/mol. The van der Waals surface area contributed by atoms with Gasteiger partial charge in [-0.2, -0.15) is 5.11 Å². The Bertz CT molecular complexity index is 1100. The minimum Gasteiger partial charge on any atom is -0.394 e. The summed E-state index contributed by atoms with van der Waals surface area (Å²) in [5, 5.41) is 42.9. The Kier molecular flexibility index (Phi) is 9.02. The first kappa shape index (κ1) is 26.6. The summed E-state index contributed by atoms with van der Waals surface area (Å²) in [6.45, 7) is 5.70. The normalized spacial score (nSPS) is 27.0. The molecule has 4 N–H and O–H groups in total. The summed E-state index contributed by atoms with van der Waals surface area (Å²) >= 11 is 1.61. The number of pyridine rings is 1. The molecule has 10 nitrogen and oxygen atoms in total. The van der Waals surface area contributed by atoms with Crippen LogP contribution in [-0.4, -0.2) is 73.6 Å². The summed E-state index contributed by atoms with van der Waals surface area (Å²) in [5.41, 5.74) is 3.52. The number of nitrogens with zero attached hydrogens (tertiary/aromatic N) is 5. The van der Waals surface area contributed by atoms with Gasteiger partial charge in [-0.1, -0.05) is 24.8 Å². The quantitative estimate of drug-likeness (QED) is 0.201. The van der Waals surface area contributed by atoms with Crippen molar-refractivity contribution < 1.29 is 20.1 Å². The highest BCUT2D eigenvalue weighted by molar-refractivity contribution is 7.99. The molecule has 2 aliphatic rings. The van der Waals surface area contributed by atoms with E-state index in [0.29, 0.717) is 46.0 Å². The molecule has 2 aliphatic carbocycles. The van der Waals surface area contributed by atoms with Gasteiger partial charge in [-0.3, -0.25) is 4.98 Å². The van der Waals surface area contributed by atoms with Crippen molar-refractivity contribution in [1.29, 1.82) is 0 Å². The second-order valence-corrected chi connectivity index (χ2v) is 10.2. The van der Waals surface area contributed by atoms with Crippen LogP contribution in [0.25, 0.3) is 0 Å². The molecule has 5 atom stereocenters. The van der Waals surface area contributed by atoms with Gasteiger partial charge in [0.15, 0.2) is 11.0 Å². The van der Waals surface area contributed by atoms with E-state index < -0.39 is 18.3 Å². The van der Waals surface area contributed by atoms with Crippen molar-refractivity contribution >= 4 is 23.3 Å². The van der Waals surface area contributed by atoms with Gasteiger partial charge in [-0.05, 0) is 43.9 Å². The molecule has 4 rings (SSSR count). The Labute approximate surface area is 215 Å². The van der Waals surface area contributed by atoms with Gasteiger partial charge in [-0.15, -0.1) is 5.11 Å². The SMILES string of the molecule is CCCSc1nc(C)c(N=NC(C)=C2CC(OCCO)C(O)C2O)c(NC2CC2c2cccnc2)n1. The lowest BCUT2D eigenvalue weighted by Gasteiger charge is -2.15. The van der Waals surface area contributed by atoms with Gasteiger partial charge >= 0.3 is 0 Å². The van der Waals surface area contributed by atoms with Crippen molar-refractivity contribution in [3.63, 3.8) is 0 Å². The van der Waals surface area contributed by atoms with Crippen LogP contribution in [-0.2, 0) is 4.74 Å². The Balaban J connectivity index is 1.56. The second-order valence-electron chi connectivity index (χ2n) is 9.10. The first-order valence-corrected chi connectivity index (χ1v) is 13.3. The number of aliphatic hydroxyl groups excluding tert-OH is 3. The van der Waals surface area contributed by atoms with E-state index in [-0.39, 0.29) is 19.3 Å². The lowest BCUT2D eigenvalue weighted by Crippen LogP contribution is -2.31. The molecular formula is C25H34N6O4S. The molecule has 2 saturated carbocycles. The van der Waals surface area contributed by atoms with Gasteiger partial charge < -0.3 is 25.4 Å². The van der Waals surface area contributed by atoms with E-state index in [1.54, 1.807) is 24.9 Å². The van der Waals surface area contributed by atoms with Crippen molar-refractivity contribution in [2.75, 3.05) is 24.3 Å². The van der Waals surface area contributed by atoms with Crippen LogP contribution in [0.5, 0.6) is 0 Å². The third kappa shape index (κ3) is 6.27. The van der Waals surface area contributed by atoms with Gasteiger partial charge in [-0.25, -0.2) is 9.97 Å². The monoisotopic (exact) mass is 514 g/mol. The maximum Gasteiger partial charge on any atom is 0.189 e. The molecule has 0 aliphatic heterocycles. The molecule has 0 amide bonds. The number of ether oxygens (including phenoxy) is 1. The van der Waals surface area contributed by atoms with Crippen LogP contribution < -0.4 is 5.32 Å². The van der Waals surface area contributed by atoms with Crippen LogP contribution in [0.4, 0.5) is 11.5 Å². The molecule has 2 aromatic rings. The lowest BCUT2D eigenvalue weighted by molar-refractivity contribution is -0.0594. The van der Waals surface area contributed by atoms with E-state index in [2.05, 4.69) is 38.5 Å². The number of aromatic nitrogens is 3. The molecule has 5 unspecified atom stereocenters. The van der Waals surface area contributed by atoms with Gasteiger partial charge in [0.1, 0.15) is 17.9 Å². The van der Waals surface area contributed by atoms with Gasteiger partial charge in [0.25, 0.3) is 0 Å². The van der Waals surface area contributed by atoms with Crippen LogP contribution in [0.2, 0.25) is 0 Å². The number of hydrogen-bond donors (Lipinski definition) is 4. The molecule has 0 saturated heterocycles. The van der Waals surface area contributed by atoms with Crippen molar-refractivity contribution in [2.24, 2.45) is 10.2 Å². The molecule has 0 spiro atoms. The third-order valence-corrected chi connectivity index (χ3v) is 7.42. The van der Waals surface area contributed by atoms with Crippen LogP contribution in [0.1, 0.15) is 50.3 Å². The van der Waals surface area contributed by atoms with E-state index >= 15 is 0 Å². The van der Waals surface area contributed by atoms with E-state index in [1.807, 2.05) is 19.2 Å². The minimum absolute atomic E-state index is 0.0947. The number of anilines is 1. The lowest BCUT2D eigenvalue weighted by atomic mass is 10.1. The number of aliphatic hydroxyl groups is 3. The zero-order valence-electron chi connectivity index (χ0n) is 20.8. The number of allylic oxidation sites excluding steroid dienone is 1. The molecule has 194 valence electrons. The number of hydrogen-bond acceptors (Lipinski definition) is 11. The number of rotatable bonds is 11. The molecule has 0 aromatic carbocycles. The standard InChI is InChI=1S/C25H34N6O4S/c1-4-10-36-25-27-15(3)21(24(29-25)28-19-11-18(19)16-6-5-7-26-13-16)31-30-14(2)17-12-20(35-9-8-32)23(34)22(17)33/h5-7,13,18-20,22-23,32-34H,4,8-12H2,1-3H3,(H,27,28,29). The Hall–Kier alpha value is -2.44. The smallest absolute Gasteiger partial charge is 0.189 e. The molecule has 0 radical (unpaired) electrons. The van der Waals surface area contributed by atoms with Gasteiger partial charge in [0, 0.05) is 36.5 Å². The number of nitrogens with one attached hydrogen (secondary N) is 1. The number of aryl methyl sites for hydroxylation is 1. The maximum atomic E-state index is 10.5. The summed E-state index contributed by atoms with van der Waals surface area (Å²) < 4.78 is 5.46. The van der Waals surface area contributed by atoms with Gasteiger partial charge in [0.05, 0.1) is 30.7 Å². The maximum absolute atomic E-state index is 10.5. The Morgan fingerprint density at radius 2 is 2.14 bits per heavy atom. The molecule has 2 heterocycles. The molecule has 2 aromatic heterocycles. The molecule has 2 fully saturated rings. The summed E-state index contributed by atoms with van der Waals surface area (Å²) in [5.74, 6) is 1.92. The van der Waals surface area contributed by atoms with Crippen molar-refractivity contribution in [3.8, 4) is 0 Å². The van der Waals surface area contributed by atoms with Crippen molar-refractivity contribution in [1.82, 2.24) is 15.0 Å². The molecule has 0 bridgehead atoms. The van der Waals surface area contributed by atoms with Crippen LogP contribution in [0.3, 0.4) is 0 Å². The molecule has 36 heavy (non-hydrogen) atoms. The summed E-state index contributed by atoms with van der Waals surface area (Å²) in [6.07, 6.45) is 3.22. The fourth-order valence-electron chi connectivity index (χ4n) is 4.29. The average molecular weight is 515 g/mol. The summed E-state index contributed by atoms with van der Waals surface area (Å²) in [4.78, 5) is 13.6. The van der Waals surface area contributed by atoms with Crippen LogP contribution >= 0.6 is 11.8 Å². The van der Waals surface area contributed by atoms with Crippen LogP contribution in [0.15, 0.2) is 51.2 Å². The van der Waals surface area contributed by atoms with E-state index in [4.69, 9.17) is 14.8 Å². The topological polar surface area (TPSA) is 145 Å². The average Bonchev–Trinajstić information content (AvgIpc) is 3.59. The first-order valence-electron chi connectivity index (χ1n) is 12.3. The zero-order chi connectivity index (χ0) is 25.7. The zero-order valence-corrected chi connectivity index (χ0v) is 21.6. The van der Waals surface area contributed by atoms with Crippen molar-refractivity contribution in [3.05, 3.63) is 47.1 Å². The van der Waals surface area contributed by atoms with Crippen LogP contribution in [0, 0.1) is 6.92 Å². The largest absolute Gasteiger partial charge is 0.394 e. The fourth-order valence-corrected chi connectivity index (χ4v) is 5.04. The highest BCUT2D eigenvalue weighted by atomic mass is 32.2. The Morgan fingerprint density at radius 3 is 2.86 bits per heavy atom. The number of azo groups is 1. The minimum atomic E-state index is -1.10. The first-order chi connectivity index (χ1) is 17.4. The predicted octanol–water partition coefficient (Wildman–Crippen LogP) is 3.51. The number of thioether (sulfide) groups is 1. The van der Waals surface area contributed by atoms with E-state index in [0.717, 1.165) is 18.6 Å². The highest BCUT2D eigenvalue weighted by Gasteiger charge is 2.40. The summed E-state index contributed by atoms with van der Waals surface area (Å²) in [7, 11) is 0. The van der Waals surface area contributed by atoms with E-state index in [1.165, 1.54) is 5.56 Å². The van der Waals surface area contributed by atoms with E-state index in [9.17, 15) is 10.2 Å². The third-order valence-electron chi connectivity index (χ3n) is 6.37. The summed E-state index contributed by atoms with van der Waals surface area (Å²) in [6, 6.07) is 4.25. The highest BCUT2D eigenvalue weighted by Crippen LogP contribution is 2.44. The van der Waals surface area contributed by atoms with Crippen molar-refractivity contribution in [2.45, 2.75) is 75.5 Å². The molecule has 11 heteroatoms.